The van der Waals surface area contributed by atoms with Crippen molar-refractivity contribution < 1.29 is 13.9 Å². The number of methoxy groups -OCH3 is 1. The Bertz CT molecular complexity index is 1230. The number of ether oxygens (including phenoxy) is 1. The minimum absolute atomic E-state index is 0.0960. The molecule has 5 rings (SSSR count). The molecule has 9 nitrogen and oxygen atoms in total. The minimum atomic E-state index is -0.0960. The van der Waals surface area contributed by atoms with Crippen LogP contribution in [0.15, 0.2) is 53.1 Å². The van der Waals surface area contributed by atoms with Gasteiger partial charge in [-0.1, -0.05) is 11.6 Å². The quantitative estimate of drug-likeness (QED) is 0.483. The van der Waals surface area contributed by atoms with Crippen LogP contribution in [0.25, 0.3) is 17.2 Å². The van der Waals surface area contributed by atoms with Gasteiger partial charge in [0.2, 0.25) is 5.82 Å². The second-order valence-electron chi connectivity index (χ2n) is 7.09. The number of hydrogen-bond donors (Lipinski definition) is 0. The summed E-state index contributed by atoms with van der Waals surface area (Å²) in [7, 11) is 1.54. The standard InChI is InChI=1S/C21H19ClN6O3/c1-30-16-5-4-14(22)13-15(16)21(29)27-10-8-26(9-11-27)19-7-6-18-23-24-20(28(18)25-19)17-3-2-12-31-17/h2-7,12-13H,8-11H2,1H3. The van der Waals surface area contributed by atoms with Gasteiger partial charge in [0.15, 0.2) is 11.4 Å². The van der Waals surface area contributed by atoms with Crippen molar-refractivity contribution in [1.82, 2.24) is 24.7 Å². The summed E-state index contributed by atoms with van der Waals surface area (Å²) in [5.74, 6) is 2.35. The summed E-state index contributed by atoms with van der Waals surface area (Å²) in [6.45, 7) is 2.40. The molecule has 0 bridgehead atoms. The molecule has 3 aromatic heterocycles. The Hall–Kier alpha value is -3.59. The third-order valence-electron chi connectivity index (χ3n) is 5.27. The largest absolute Gasteiger partial charge is 0.496 e. The highest BCUT2D eigenvalue weighted by atomic mass is 35.5. The van der Waals surface area contributed by atoms with Crippen LogP contribution in [0.1, 0.15) is 10.4 Å². The lowest BCUT2D eigenvalue weighted by Gasteiger charge is -2.35. The predicted octanol–water partition coefficient (Wildman–Crippen LogP) is 3.01. The second-order valence-corrected chi connectivity index (χ2v) is 7.52. The molecule has 1 fully saturated rings. The molecule has 0 saturated carbocycles. The van der Waals surface area contributed by atoms with Crippen molar-refractivity contribution in [2.75, 3.05) is 38.2 Å². The van der Waals surface area contributed by atoms with Crippen LogP contribution in [0.4, 0.5) is 5.82 Å². The Morgan fingerprint density at radius 1 is 1.10 bits per heavy atom. The van der Waals surface area contributed by atoms with E-state index in [0.717, 1.165) is 5.82 Å². The highest BCUT2D eigenvalue weighted by Crippen LogP contribution is 2.25. The molecule has 1 amide bonds. The third-order valence-corrected chi connectivity index (χ3v) is 5.51. The fourth-order valence-corrected chi connectivity index (χ4v) is 3.84. The van der Waals surface area contributed by atoms with Gasteiger partial charge in [-0.25, -0.2) is 0 Å². The summed E-state index contributed by atoms with van der Waals surface area (Å²) < 4.78 is 12.4. The molecule has 0 unspecified atom stereocenters. The molecule has 0 aliphatic carbocycles. The molecule has 158 valence electrons. The molecule has 1 aromatic carbocycles. The third kappa shape index (κ3) is 3.57. The van der Waals surface area contributed by atoms with Crippen molar-refractivity contribution in [1.29, 1.82) is 0 Å². The maximum absolute atomic E-state index is 13.0. The van der Waals surface area contributed by atoms with Crippen molar-refractivity contribution in [3.05, 3.63) is 59.3 Å². The van der Waals surface area contributed by atoms with E-state index in [4.69, 9.17) is 25.9 Å². The van der Waals surface area contributed by atoms with Crippen LogP contribution in [0.3, 0.4) is 0 Å². The number of fused-ring (bicyclic) bond motifs is 1. The van der Waals surface area contributed by atoms with E-state index in [2.05, 4.69) is 15.1 Å². The van der Waals surface area contributed by atoms with E-state index >= 15 is 0 Å². The zero-order chi connectivity index (χ0) is 21.4. The lowest BCUT2D eigenvalue weighted by atomic mass is 10.1. The van der Waals surface area contributed by atoms with Crippen LogP contribution >= 0.6 is 11.6 Å². The molecule has 1 aliphatic rings. The van der Waals surface area contributed by atoms with Gasteiger partial charge < -0.3 is 19.0 Å². The van der Waals surface area contributed by atoms with Crippen LogP contribution in [0, 0.1) is 0 Å². The molecule has 0 atom stereocenters. The van der Waals surface area contributed by atoms with E-state index < -0.39 is 0 Å². The number of nitrogens with zero attached hydrogens (tertiary/aromatic N) is 6. The zero-order valence-corrected chi connectivity index (χ0v) is 17.5. The fraction of sp³-hybridized carbons (Fsp3) is 0.238. The van der Waals surface area contributed by atoms with Crippen molar-refractivity contribution in [3.63, 3.8) is 0 Å². The molecular formula is C21H19ClN6O3. The molecule has 0 spiro atoms. The first-order valence-corrected chi connectivity index (χ1v) is 10.2. The Labute approximate surface area is 182 Å². The van der Waals surface area contributed by atoms with Gasteiger partial charge in [-0.3, -0.25) is 4.79 Å². The second kappa shape index (κ2) is 7.92. The van der Waals surface area contributed by atoms with Gasteiger partial charge in [0.05, 0.1) is 18.9 Å². The van der Waals surface area contributed by atoms with Gasteiger partial charge >= 0.3 is 0 Å². The van der Waals surface area contributed by atoms with E-state index in [9.17, 15) is 4.79 Å². The Morgan fingerprint density at radius 2 is 1.94 bits per heavy atom. The van der Waals surface area contributed by atoms with Gasteiger partial charge in [0.1, 0.15) is 11.6 Å². The van der Waals surface area contributed by atoms with Crippen molar-refractivity contribution >= 4 is 29.0 Å². The minimum Gasteiger partial charge on any atom is -0.496 e. The summed E-state index contributed by atoms with van der Waals surface area (Å²) in [4.78, 5) is 16.9. The van der Waals surface area contributed by atoms with Crippen molar-refractivity contribution in [2.45, 2.75) is 0 Å². The maximum atomic E-state index is 13.0. The smallest absolute Gasteiger partial charge is 0.257 e. The maximum Gasteiger partial charge on any atom is 0.257 e. The molecule has 1 saturated heterocycles. The summed E-state index contributed by atoms with van der Waals surface area (Å²) >= 11 is 6.09. The lowest BCUT2D eigenvalue weighted by Crippen LogP contribution is -2.49. The van der Waals surface area contributed by atoms with Gasteiger partial charge in [-0.2, -0.15) is 4.52 Å². The first kappa shape index (κ1) is 19.4. The summed E-state index contributed by atoms with van der Waals surface area (Å²) in [6, 6.07) is 12.5. The summed E-state index contributed by atoms with van der Waals surface area (Å²) in [5.41, 5.74) is 1.10. The highest BCUT2D eigenvalue weighted by Gasteiger charge is 2.25. The van der Waals surface area contributed by atoms with Crippen LogP contribution in [0.5, 0.6) is 5.75 Å². The molecule has 1 aliphatic heterocycles. The van der Waals surface area contributed by atoms with E-state index in [1.807, 2.05) is 18.2 Å². The first-order chi connectivity index (χ1) is 15.1. The number of carbonyl (C=O) groups excluding carboxylic acids is 1. The van der Waals surface area contributed by atoms with Gasteiger partial charge in [0.25, 0.3) is 5.91 Å². The molecule has 31 heavy (non-hydrogen) atoms. The average molecular weight is 439 g/mol. The molecular weight excluding hydrogens is 420 g/mol. The normalized spacial score (nSPS) is 14.3. The van der Waals surface area contributed by atoms with Gasteiger partial charge in [-0.05, 0) is 42.5 Å². The summed E-state index contributed by atoms with van der Waals surface area (Å²) in [6.07, 6.45) is 1.59. The number of benzene rings is 1. The van der Waals surface area contributed by atoms with E-state index in [1.54, 1.807) is 47.1 Å². The Kier molecular flexibility index (Phi) is 4.95. The number of amides is 1. The number of hydrogen-bond acceptors (Lipinski definition) is 7. The van der Waals surface area contributed by atoms with Crippen molar-refractivity contribution in [3.8, 4) is 17.3 Å². The van der Waals surface area contributed by atoms with E-state index in [-0.39, 0.29) is 5.91 Å². The Balaban J connectivity index is 1.34. The highest BCUT2D eigenvalue weighted by molar-refractivity contribution is 6.31. The Morgan fingerprint density at radius 3 is 2.68 bits per heavy atom. The van der Waals surface area contributed by atoms with Crippen LogP contribution in [0.2, 0.25) is 5.02 Å². The van der Waals surface area contributed by atoms with Crippen LogP contribution in [-0.2, 0) is 0 Å². The number of anilines is 1. The number of carbonyl (C=O) groups is 1. The average Bonchev–Trinajstić information content (AvgIpc) is 3.48. The fourth-order valence-electron chi connectivity index (χ4n) is 3.66. The van der Waals surface area contributed by atoms with Crippen LogP contribution in [-0.4, -0.2) is 63.9 Å². The zero-order valence-electron chi connectivity index (χ0n) is 16.7. The number of piperazine rings is 1. The monoisotopic (exact) mass is 438 g/mol. The SMILES string of the molecule is COc1ccc(Cl)cc1C(=O)N1CCN(c2ccc3nnc(-c4ccco4)n3n2)CC1. The number of furan rings is 1. The molecule has 10 heteroatoms. The van der Waals surface area contributed by atoms with E-state index in [0.29, 0.717) is 59.7 Å². The summed E-state index contributed by atoms with van der Waals surface area (Å²) in [5, 5.41) is 13.5. The molecule has 0 radical (unpaired) electrons. The number of halogens is 1. The van der Waals surface area contributed by atoms with Gasteiger partial charge in [-0.15, -0.1) is 15.3 Å². The topological polar surface area (TPSA) is 89.0 Å². The predicted molar refractivity (Wildman–Crippen MR) is 115 cm³/mol. The lowest BCUT2D eigenvalue weighted by molar-refractivity contribution is 0.0743. The molecule has 4 heterocycles. The van der Waals surface area contributed by atoms with E-state index in [1.165, 1.54) is 0 Å². The number of aromatic nitrogens is 4. The van der Waals surface area contributed by atoms with Gasteiger partial charge in [0, 0.05) is 31.2 Å². The number of rotatable bonds is 4. The van der Waals surface area contributed by atoms with Crippen LogP contribution < -0.4 is 9.64 Å². The van der Waals surface area contributed by atoms with Crippen molar-refractivity contribution in [2.24, 2.45) is 0 Å². The first-order valence-electron chi connectivity index (χ1n) is 9.78. The molecule has 4 aromatic rings. The molecule has 0 N–H and O–H groups in total.